The van der Waals surface area contributed by atoms with Crippen molar-refractivity contribution in [3.05, 3.63) is 37.5 Å². The van der Waals surface area contributed by atoms with E-state index in [0.717, 1.165) is 6.42 Å². The van der Waals surface area contributed by atoms with E-state index >= 15 is 0 Å². The zero-order chi connectivity index (χ0) is 9.23. The first-order valence-electron chi connectivity index (χ1n) is 3.83. The molecule has 0 spiro atoms. The quantitative estimate of drug-likeness (QED) is 0.447. The van der Waals surface area contributed by atoms with Gasteiger partial charge in [-0.3, -0.25) is 4.79 Å². The maximum atomic E-state index is 10.8. The van der Waals surface area contributed by atoms with Gasteiger partial charge in [-0.1, -0.05) is 30.9 Å². The van der Waals surface area contributed by atoms with Gasteiger partial charge in [0.1, 0.15) is 6.61 Å². The molecule has 2 heteroatoms. The van der Waals surface area contributed by atoms with Crippen LogP contribution >= 0.6 is 0 Å². The zero-order valence-corrected chi connectivity index (χ0v) is 7.16. The van der Waals surface area contributed by atoms with Crippen molar-refractivity contribution in [1.82, 2.24) is 0 Å². The van der Waals surface area contributed by atoms with E-state index in [4.69, 9.17) is 4.74 Å². The third-order valence-electron chi connectivity index (χ3n) is 1.12. The summed E-state index contributed by atoms with van der Waals surface area (Å²) >= 11 is 0. The Morgan fingerprint density at radius 3 is 2.58 bits per heavy atom. The molecule has 0 aliphatic carbocycles. The normalized spacial score (nSPS) is 9.67. The van der Waals surface area contributed by atoms with E-state index in [1.165, 1.54) is 0 Å². The highest BCUT2D eigenvalue weighted by Gasteiger charge is 1.95. The highest BCUT2D eigenvalue weighted by molar-refractivity contribution is 5.71. The van der Waals surface area contributed by atoms with E-state index in [9.17, 15) is 4.79 Å². The number of allylic oxidation sites excluding steroid dienone is 2. The van der Waals surface area contributed by atoms with Crippen LogP contribution in [0.2, 0.25) is 0 Å². The first-order valence-corrected chi connectivity index (χ1v) is 3.83. The highest BCUT2D eigenvalue weighted by atomic mass is 16.5. The largest absolute Gasteiger partial charge is 0.461 e. The van der Waals surface area contributed by atoms with Crippen LogP contribution in [0.15, 0.2) is 37.5 Å². The van der Waals surface area contributed by atoms with Gasteiger partial charge in [0.15, 0.2) is 0 Å². The summed E-state index contributed by atoms with van der Waals surface area (Å²) in [4.78, 5) is 10.8. The van der Waals surface area contributed by atoms with Crippen molar-refractivity contribution >= 4 is 5.97 Å². The molecule has 12 heavy (non-hydrogen) atoms. The molecule has 0 aromatic heterocycles. The summed E-state index contributed by atoms with van der Waals surface area (Å²) < 4.78 is 4.74. The van der Waals surface area contributed by atoms with Crippen LogP contribution in [0, 0.1) is 0 Å². The summed E-state index contributed by atoms with van der Waals surface area (Å²) in [6, 6.07) is 0. The first-order chi connectivity index (χ1) is 5.81. The topological polar surface area (TPSA) is 26.3 Å². The lowest BCUT2D eigenvalue weighted by Crippen LogP contribution is -2.01. The van der Waals surface area contributed by atoms with Gasteiger partial charge in [-0.15, -0.1) is 6.58 Å². The molecule has 0 N–H and O–H groups in total. The Hall–Kier alpha value is -1.31. The van der Waals surface area contributed by atoms with Crippen LogP contribution in [0.5, 0.6) is 0 Å². The summed E-state index contributed by atoms with van der Waals surface area (Å²) in [6.45, 7) is 7.27. The lowest BCUT2D eigenvalue weighted by molar-refractivity contribution is -0.141. The van der Waals surface area contributed by atoms with Gasteiger partial charge in [0.25, 0.3) is 0 Å². The molecule has 0 unspecified atom stereocenters. The second kappa shape index (κ2) is 7.79. The molecule has 0 aromatic carbocycles. The Balaban J connectivity index is 3.42. The van der Waals surface area contributed by atoms with Crippen molar-refractivity contribution < 1.29 is 9.53 Å². The fourth-order valence-corrected chi connectivity index (χ4v) is 0.583. The van der Waals surface area contributed by atoms with Gasteiger partial charge >= 0.3 is 5.97 Å². The summed E-state index contributed by atoms with van der Waals surface area (Å²) in [5.41, 5.74) is 0. The van der Waals surface area contributed by atoms with Gasteiger partial charge in [0.2, 0.25) is 0 Å². The Morgan fingerprint density at radius 2 is 2.00 bits per heavy atom. The van der Waals surface area contributed by atoms with Crippen LogP contribution in [0.25, 0.3) is 0 Å². The third kappa shape index (κ3) is 6.81. The first kappa shape index (κ1) is 10.7. The number of ether oxygens (including phenoxy) is 1. The minimum Gasteiger partial charge on any atom is -0.461 e. The SMILES string of the molecule is C=CCC=CCC(=O)OCC=C. The molecule has 0 aliphatic heterocycles. The average molecular weight is 166 g/mol. The summed E-state index contributed by atoms with van der Waals surface area (Å²) in [5, 5.41) is 0. The summed E-state index contributed by atoms with van der Waals surface area (Å²) in [6.07, 6.45) is 8.07. The predicted octanol–water partition coefficient (Wildman–Crippen LogP) is 2.24. The van der Waals surface area contributed by atoms with Gasteiger partial charge in [0.05, 0.1) is 6.42 Å². The smallest absolute Gasteiger partial charge is 0.309 e. The van der Waals surface area contributed by atoms with Crippen LogP contribution in [0.1, 0.15) is 12.8 Å². The fraction of sp³-hybridized carbons (Fsp3) is 0.300. The summed E-state index contributed by atoms with van der Waals surface area (Å²) in [5.74, 6) is -0.227. The number of carbonyl (C=O) groups is 1. The predicted molar refractivity (Wildman–Crippen MR) is 49.7 cm³/mol. The Kier molecular flexibility index (Phi) is 6.94. The van der Waals surface area contributed by atoms with E-state index in [1.807, 2.05) is 6.08 Å². The number of hydrogen-bond acceptors (Lipinski definition) is 2. The number of rotatable bonds is 6. The van der Waals surface area contributed by atoms with Crippen LogP contribution in [-0.2, 0) is 9.53 Å². The van der Waals surface area contributed by atoms with Crippen molar-refractivity contribution in [1.29, 1.82) is 0 Å². The third-order valence-corrected chi connectivity index (χ3v) is 1.12. The standard InChI is InChI=1S/C10H14O2/c1-3-5-6-7-8-10(11)12-9-4-2/h3-4,6-7H,1-2,5,8-9H2. The molecule has 2 nitrogen and oxygen atoms in total. The maximum absolute atomic E-state index is 10.8. The second-order valence-electron chi connectivity index (χ2n) is 2.17. The fourth-order valence-electron chi connectivity index (χ4n) is 0.583. The zero-order valence-electron chi connectivity index (χ0n) is 7.16. The van der Waals surface area contributed by atoms with Crippen LogP contribution in [-0.4, -0.2) is 12.6 Å². The summed E-state index contributed by atoms with van der Waals surface area (Å²) in [7, 11) is 0. The maximum Gasteiger partial charge on any atom is 0.309 e. The highest BCUT2D eigenvalue weighted by Crippen LogP contribution is 1.91. The number of hydrogen-bond donors (Lipinski definition) is 0. The Labute approximate surface area is 73.2 Å². The van der Waals surface area contributed by atoms with Crippen molar-refractivity contribution in [2.45, 2.75) is 12.8 Å². The van der Waals surface area contributed by atoms with E-state index in [0.29, 0.717) is 6.42 Å². The average Bonchev–Trinajstić information content (AvgIpc) is 2.09. The molecule has 66 valence electrons. The van der Waals surface area contributed by atoms with E-state index in [-0.39, 0.29) is 12.6 Å². The van der Waals surface area contributed by atoms with E-state index in [1.54, 1.807) is 18.2 Å². The second-order valence-corrected chi connectivity index (χ2v) is 2.17. The van der Waals surface area contributed by atoms with E-state index in [2.05, 4.69) is 13.2 Å². The molecular formula is C10H14O2. The molecule has 0 bridgehead atoms. The van der Waals surface area contributed by atoms with Gasteiger partial charge in [0, 0.05) is 0 Å². The molecule has 0 heterocycles. The molecule has 0 rings (SSSR count). The Morgan fingerprint density at radius 1 is 1.25 bits per heavy atom. The molecule has 0 aromatic rings. The van der Waals surface area contributed by atoms with Crippen molar-refractivity contribution in [2.75, 3.05) is 6.61 Å². The Bertz CT molecular complexity index is 180. The number of esters is 1. The molecule has 0 fully saturated rings. The van der Waals surface area contributed by atoms with Crippen LogP contribution < -0.4 is 0 Å². The molecule has 0 amide bonds. The molecule has 0 atom stereocenters. The van der Waals surface area contributed by atoms with Crippen molar-refractivity contribution in [2.24, 2.45) is 0 Å². The van der Waals surface area contributed by atoms with E-state index < -0.39 is 0 Å². The molecule has 0 radical (unpaired) electrons. The van der Waals surface area contributed by atoms with Gasteiger partial charge < -0.3 is 4.74 Å². The van der Waals surface area contributed by atoms with Gasteiger partial charge in [-0.05, 0) is 6.42 Å². The lowest BCUT2D eigenvalue weighted by Gasteiger charge is -1.96. The molecular weight excluding hydrogens is 152 g/mol. The lowest BCUT2D eigenvalue weighted by atomic mass is 10.3. The van der Waals surface area contributed by atoms with Gasteiger partial charge in [-0.25, -0.2) is 0 Å². The molecule has 0 saturated carbocycles. The number of carbonyl (C=O) groups excluding carboxylic acids is 1. The minimum atomic E-state index is -0.227. The van der Waals surface area contributed by atoms with Crippen molar-refractivity contribution in [3.63, 3.8) is 0 Å². The monoisotopic (exact) mass is 166 g/mol. The van der Waals surface area contributed by atoms with Crippen LogP contribution in [0.4, 0.5) is 0 Å². The van der Waals surface area contributed by atoms with Crippen molar-refractivity contribution in [3.8, 4) is 0 Å². The minimum absolute atomic E-state index is 0.227. The van der Waals surface area contributed by atoms with Gasteiger partial charge in [-0.2, -0.15) is 0 Å². The molecule has 0 aliphatic rings. The van der Waals surface area contributed by atoms with Crippen LogP contribution in [0.3, 0.4) is 0 Å². The molecule has 0 saturated heterocycles.